The molecule has 0 amide bonds. The minimum atomic E-state index is -0.575. The second-order valence-electron chi connectivity index (χ2n) is 3.81. The maximum atomic E-state index is 5.64. The molecule has 2 atom stereocenters. The second kappa shape index (κ2) is 3.45. The Morgan fingerprint density at radius 1 is 1.56 bits per heavy atom. The van der Waals surface area contributed by atoms with Gasteiger partial charge < -0.3 is 13.9 Å². The van der Waals surface area contributed by atoms with Gasteiger partial charge in [-0.3, -0.25) is 0 Å². The Kier molecular flexibility index (Phi) is 2.07. The molecule has 2 aliphatic rings. The number of hydrogen-bond acceptors (Lipinski definition) is 5. The summed E-state index contributed by atoms with van der Waals surface area (Å²) in [6.07, 6.45) is 7.91. The van der Waals surface area contributed by atoms with Crippen LogP contribution < -0.4 is 0 Å². The SMILES string of the molecule is CCCOC1=CC=CC2(c3nnco3)OC12. The Bertz CT molecular complexity index is 438. The highest BCUT2D eigenvalue weighted by atomic mass is 16.6. The van der Waals surface area contributed by atoms with Gasteiger partial charge in [0.15, 0.2) is 11.7 Å². The van der Waals surface area contributed by atoms with Crippen LogP contribution in [0.25, 0.3) is 0 Å². The van der Waals surface area contributed by atoms with Crippen molar-refractivity contribution in [3.63, 3.8) is 0 Å². The van der Waals surface area contributed by atoms with E-state index in [9.17, 15) is 0 Å². The van der Waals surface area contributed by atoms with Crippen LogP contribution in [0.15, 0.2) is 34.8 Å². The third-order valence-corrected chi connectivity index (χ3v) is 2.68. The van der Waals surface area contributed by atoms with Gasteiger partial charge in [-0.2, -0.15) is 0 Å². The van der Waals surface area contributed by atoms with Gasteiger partial charge in [0.2, 0.25) is 6.39 Å². The first kappa shape index (κ1) is 9.59. The summed E-state index contributed by atoms with van der Waals surface area (Å²) in [7, 11) is 0. The fourth-order valence-electron chi connectivity index (χ4n) is 1.85. The molecule has 3 rings (SSSR count). The highest BCUT2D eigenvalue weighted by Crippen LogP contribution is 2.52. The van der Waals surface area contributed by atoms with Gasteiger partial charge in [-0.25, -0.2) is 0 Å². The minimum absolute atomic E-state index is 0.107. The zero-order valence-electron chi connectivity index (χ0n) is 8.92. The molecule has 1 aliphatic heterocycles. The highest BCUT2D eigenvalue weighted by molar-refractivity contribution is 5.37. The molecule has 0 spiro atoms. The van der Waals surface area contributed by atoms with E-state index >= 15 is 0 Å². The van der Waals surface area contributed by atoms with Crippen molar-refractivity contribution in [1.82, 2.24) is 10.2 Å². The fraction of sp³-hybridized carbons (Fsp3) is 0.455. The molecule has 16 heavy (non-hydrogen) atoms. The van der Waals surface area contributed by atoms with Crippen molar-refractivity contribution >= 4 is 0 Å². The average Bonchev–Trinajstić information content (AvgIpc) is 2.82. The second-order valence-corrected chi connectivity index (χ2v) is 3.81. The molecular formula is C11H12N2O3. The lowest BCUT2D eigenvalue weighted by Crippen LogP contribution is -2.16. The van der Waals surface area contributed by atoms with Crippen LogP contribution in [0.5, 0.6) is 0 Å². The molecule has 1 aliphatic carbocycles. The molecule has 84 valence electrons. The summed E-state index contributed by atoms with van der Waals surface area (Å²) in [5.74, 6) is 1.32. The molecular weight excluding hydrogens is 208 g/mol. The summed E-state index contributed by atoms with van der Waals surface area (Å²) in [6, 6.07) is 0. The number of ether oxygens (including phenoxy) is 2. The van der Waals surface area contributed by atoms with Gasteiger partial charge in [-0.1, -0.05) is 13.0 Å². The van der Waals surface area contributed by atoms with Crippen LogP contribution in [-0.4, -0.2) is 22.9 Å². The van der Waals surface area contributed by atoms with Gasteiger partial charge in [0.25, 0.3) is 5.89 Å². The summed E-state index contributed by atoms with van der Waals surface area (Å²) in [5, 5.41) is 7.56. The Hall–Kier alpha value is -1.62. The summed E-state index contributed by atoms with van der Waals surface area (Å²) >= 11 is 0. The van der Waals surface area contributed by atoms with Crippen molar-refractivity contribution in [3.8, 4) is 0 Å². The van der Waals surface area contributed by atoms with Crippen molar-refractivity contribution in [2.75, 3.05) is 6.61 Å². The first-order valence-corrected chi connectivity index (χ1v) is 5.33. The maximum absolute atomic E-state index is 5.64. The molecule has 0 saturated carbocycles. The summed E-state index contributed by atoms with van der Waals surface area (Å²) in [5.41, 5.74) is -0.575. The maximum Gasteiger partial charge on any atom is 0.255 e. The summed E-state index contributed by atoms with van der Waals surface area (Å²) < 4.78 is 16.4. The zero-order valence-corrected chi connectivity index (χ0v) is 8.92. The molecule has 1 saturated heterocycles. The van der Waals surface area contributed by atoms with Crippen LogP contribution in [0.3, 0.4) is 0 Å². The third kappa shape index (κ3) is 1.28. The Morgan fingerprint density at radius 3 is 3.25 bits per heavy atom. The molecule has 1 aromatic heterocycles. The standard InChI is InChI=1S/C11H12N2O3/c1-2-6-14-8-4-3-5-11(9(8)16-11)10-13-12-7-15-10/h3-5,7,9H,2,6H2,1H3. The first-order valence-electron chi connectivity index (χ1n) is 5.33. The number of fused-ring (bicyclic) bond motifs is 1. The van der Waals surface area contributed by atoms with E-state index in [0.29, 0.717) is 12.5 Å². The van der Waals surface area contributed by atoms with E-state index in [4.69, 9.17) is 13.9 Å². The van der Waals surface area contributed by atoms with Crippen LogP contribution in [-0.2, 0) is 15.1 Å². The number of hydrogen-bond donors (Lipinski definition) is 0. The number of nitrogens with zero attached hydrogens (tertiary/aromatic N) is 2. The normalized spacial score (nSPS) is 30.8. The fourth-order valence-corrected chi connectivity index (χ4v) is 1.85. The van der Waals surface area contributed by atoms with E-state index in [2.05, 4.69) is 17.1 Å². The van der Waals surface area contributed by atoms with Gasteiger partial charge in [-0.15, -0.1) is 10.2 Å². The van der Waals surface area contributed by atoms with Crippen molar-refractivity contribution in [3.05, 3.63) is 36.3 Å². The molecule has 5 nitrogen and oxygen atoms in total. The molecule has 0 aromatic carbocycles. The predicted molar refractivity (Wildman–Crippen MR) is 54.3 cm³/mol. The Labute approximate surface area is 92.8 Å². The van der Waals surface area contributed by atoms with Crippen molar-refractivity contribution in [2.45, 2.75) is 25.0 Å². The summed E-state index contributed by atoms with van der Waals surface area (Å²) in [6.45, 7) is 2.76. The van der Waals surface area contributed by atoms with E-state index < -0.39 is 5.60 Å². The van der Waals surface area contributed by atoms with Gasteiger partial charge in [0, 0.05) is 0 Å². The smallest absolute Gasteiger partial charge is 0.255 e. The Balaban J connectivity index is 1.81. The zero-order chi connectivity index (χ0) is 11.0. The van der Waals surface area contributed by atoms with Gasteiger partial charge in [-0.05, 0) is 18.6 Å². The topological polar surface area (TPSA) is 60.7 Å². The monoisotopic (exact) mass is 220 g/mol. The lowest BCUT2D eigenvalue weighted by molar-refractivity contribution is 0.187. The van der Waals surface area contributed by atoms with Crippen LogP contribution in [0.4, 0.5) is 0 Å². The molecule has 1 aromatic rings. The van der Waals surface area contributed by atoms with Crippen molar-refractivity contribution in [1.29, 1.82) is 0 Å². The lowest BCUT2D eigenvalue weighted by atomic mass is 9.99. The number of aromatic nitrogens is 2. The minimum Gasteiger partial charge on any atom is -0.495 e. The van der Waals surface area contributed by atoms with Crippen molar-refractivity contribution in [2.24, 2.45) is 0 Å². The molecule has 1 fully saturated rings. The van der Waals surface area contributed by atoms with E-state index in [1.54, 1.807) is 0 Å². The molecule has 2 unspecified atom stereocenters. The quantitative estimate of drug-likeness (QED) is 0.720. The largest absolute Gasteiger partial charge is 0.495 e. The third-order valence-electron chi connectivity index (χ3n) is 2.68. The Morgan fingerprint density at radius 2 is 2.50 bits per heavy atom. The molecule has 0 radical (unpaired) electrons. The van der Waals surface area contributed by atoms with Crippen LogP contribution >= 0.6 is 0 Å². The van der Waals surface area contributed by atoms with Gasteiger partial charge in [0.05, 0.1) is 6.61 Å². The van der Waals surface area contributed by atoms with E-state index in [-0.39, 0.29) is 6.10 Å². The van der Waals surface area contributed by atoms with Gasteiger partial charge in [0.1, 0.15) is 5.76 Å². The number of epoxide rings is 1. The summed E-state index contributed by atoms with van der Waals surface area (Å²) in [4.78, 5) is 0. The average molecular weight is 220 g/mol. The van der Waals surface area contributed by atoms with E-state index in [0.717, 1.165) is 12.2 Å². The molecule has 0 bridgehead atoms. The van der Waals surface area contributed by atoms with Crippen molar-refractivity contribution < 1.29 is 13.9 Å². The highest BCUT2D eigenvalue weighted by Gasteiger charge is 2.63. The van der Waals surface area contributed by atoms with Crippen LogP contribution in [0, 0.1) is 0 Å². The lowest BCUT2D eigenvalue weighted by Gasteiger charge is -2.11. The first-order chi connectivity index (χ1) is 7.87. The molecule has 2 heterocycles. The predicted octanol–water partition coefficient (Wildman–Crippen LogP) is 1.54. The van der Waals surface area contributed by atoms with Crippen LogP contribution in [0.1, 0.15) is 19.2 Å². The van der Waals surface area contributed by atoms with E-state index in [1.807, 2.05) is 18.2 Å². The van der Waals surface area contributed by atoms with E-state index in [1.165, 1.54) is 6.39 Å². The van der Waals surface area contributed by atoms with Gasteiger partial charge >= 0.3 is 0 Å². The number of allylic oxidation sites excluding steroid dienone is 2. The number of rotatable bonds is 4. The van der Waals surface area contributed by atoms with Crippen LogP contribution in [0.2, 0.25) is 0 Å². The molecule has 0 N–H and O–H groups in total. The molecule has 5 heteroatoms.